The van der Waals surface area contributed by atoms with Gasteiger partial charge >= 0.3 is 5.69 Å². The van der Waals surface area contributed by atoms with Gasteiger partial charge in [0, 0.05) is 33.1 Å². The number of hydrogen-bond acceptors (Lipinski definition) is 6. The number of piperidine rings is 1. The van der Waals surface area contributed by atoms with E-state index in [1.54, 1.807) is 7.05 Å². The summed E-state index contributed by atoms with van der Waals surface area (Å²) in [6.07, 6.45) is 1.74. The first kappa shape index (κ1) is 23.2. The van der Waals surface area contributed by atoms with Gasteiger partial charge in [0.1, 0.15) is 6.04 Å². The molecule has 2 aliphatic heterocycles. The van der Waals surface area contributed by atoms with Gasteiger partial charge in [-0.2, -0.15) is 0 Å². The number of rotatable bonds is 5. The van der Waals surface area contributed by atoms with Crippen LogP contribution in [0.1, 0.15) is 30.9 Å². The summed E-state index contributed by atoms with van der Waals surface area (Å²) in [7, 11) is 5.82. The third kappa shape index (κ3) is 5.03. The van der Waals surface area contributed by atoms with Crippen LogP contribution in [0.2, 0.25) is 0 Å². The molecule has 3 heterocycles. The molecule has 1 N–H and O–H groups in total. The monoisotopic (exact) mass is 453 g/mol. The van der Waals surface area contributed by atoms with E-state index in [4.69, 9.17) is 4.74 Å². The third-order valence-electron chi connectivity index (χ3n) is 6.27. The van der Waals surface area contributed by atoms with Crippen LogP contribution in [0, 0.1) is 11.8 Å². The fourth-order valence-electron chi connectivity index (χ4n) is 4.52. The van der Waals surface area contributed by atoms with Crippen LogP contribution in [0.3, 0.4) is 0 Å². The molecule has 9 heteroatoms. The lowest BCUT2D eigenvalue weighted by molar-refractivity contribution is -0.135. The molecule has 9 nitrogen and oxygen atoms in total. The lowest BCUT2D eigenvalue weighted by Crippen LogP contribution is -2.44. The van der Waals surface area contributed by atoms with Gasteiger partial charge in [0.25, 0.3) is 0 Å². The van der Waals surface area contributed by atoms with Crippen molar-refractivity contribution in [3.05, 3.63) is 34.2 Å². The van der Waals surface area contributed by atoms with Crippen LogP contribution in [-0.2, 0) is 21.4 Å². The summed E-state index contributed by atoms with van der Waals surface area (Å²) in [6, 6.07) is 4.86. The molecule has 0 spiro atoms. The van der Waals surface area contributed by atoms with Crippen molar-refractivity contribution in [2.75, 3.05) is 46.9 Å². The molecule has 1 aromatic carbocycles. The molecule has 4 rings (SSSR count). The van der Waals surface area contributed by atoms with Crippen LogP contribution in [0.15, 0.2) is 23.0 Å². The zero-order valence-corrected chi connectivity index (χ0v) is 19.5. The predicted octanol–water partition coefficient (Wildman–Crippen LogP) is 0.322. The number of imidazole rings is 1. The van der Waals surface area contributed by atoms with E-state index in [9.17, 15) is 14.4 Å². The molecule has 2 aliphatic rings. The van der Waals surface area contributed by atoms with Crippen molar-refractivity contribution >= 4 is 22.8 Å². The first-order chi connectivity index (χ1) is 15.8. The first-order valence-corrected chi connectivity index (χ1v) is 11.4. The summed E-state index contributed by atoms with van der Waals surface area (Å²) in [4.78, 5) is 41.4. The van der Waals surface area contributed by atoms with Gasteiger partial charge in [-0.15, -0.1) is 0 Å². The van der Waals surface area contributed by atoms with Crippen LogP contribution in [0.5, 0.6) is 0 Å². The number of ether oxygens (including phenoxy) is 1. The van der Waals surface area contributed by atoms with E-state index < -0.39 is 11.9 Å². The largest absolute Gasteiger partial charge is 0.376 e. The zero-order chi connectivity index (χ0) is 23.5. The van der Waals surface area contributed by atoms with Crippen LogP contribution >= 0.6 is 0 Å². The molecule has 0 saturated carbocycles. The molecule has 2 amide bonds. The molecule has 2 aromatic rings. The lowest BCUT2D eigenvalue weighted by atomic mass is 10.1. The van der Waals surface area contributed by atoms with Crippen molar-refractivity contribution in [1.29, 1.82) is 0 Å². The van der Waals surface area contributed by atoms with E-state index in [0.29, 0.717) is 30.6 Å². The number of carbonyl (C=O) groups excluding carboxylic acids is 2. The molecule has 2 atom stereocenters. The first-order valence-electron chi connectivity index (χ1n) is 11.4. The number of nitrogens with one attached hydrogen (secondary N) is 1. The van der Waals surface area contributed by atoms with Crippen LogP contribution in [-0.4, -0.2) is 83.7 Å². The highest BCUT2D eigenvalue weighted by Gasteiger charge is 2.31. The minimum absolute atomic E-state index is 0.216. The molecule has 2 fully saturated rings. The van der Waals surface area contributed by atoms with Crippen molar-refractivity contribution in [3.63, 3.8) is 0 Å². The van der Waals surface area contributed by atoms with Crippen molar-refractivity contribution in [3.8, 4) is 11.8 Å². The minimum atomic E-state index is -0.699. The average molecular weight is 454 g/mol. The Morgan fingerprint density at radius 2 is 2.06 bits per heavy atom. The zero-order valence-electron chi connectivity index (χ0n) is 19.5. The Bertz CT molecular complexity index is 1170. The summed E-state index contributed by atoms with van der Waals surface area (Å²) in [5.74, 6) is 5.76. The van der Waals surface area contributed by atoms with Gasteiger partial charge in [-0.3, -0.25) is 28.9 Å². The van der Waals surface area contributed by atoms with E-state index in [2.05, 4.69) is 41.1 Å². The molecule has 0 bridgehead atoms. The summed E-state index contributed by atoms with van der Waals surface area (Å²) in [5.41, 5.74) is 1.81. The summed E-state index contributed by atoms with van der Waals surface area (Å²) < 4.78 is 8.90. The highest BCUT2D eigenvalue weighted by atomic mass is 16.5. The average Bonchev–Trinajstić information content (AvgIpc) is 3.04. The van der Waals surface area contributed by atoms with Crippen molar-refractivity contribution in [2.24, 2.45) is 7.05 Å². The Morgan fingerprint density at radius 3 is 2.82 bits per heavy atom. The quantitative estimate of drug-likeness (QED) is 0.518. The summed E-state index contributed by atoms with van der Waals surface area (Å²) in [5, 5.41) is 2.34. The molecular formula is C24H31N5O4. The fraction of sp³-hybridized carbons (Fsp3) is 0.542. The predicted molar refractivity (Wildman–Crippen MR) is 125 cm³/mol. The van der Waals surface area contributed by atoms with Gasteiger partial charge in [-0.05, 0) is 39.1 Å². The summed E-state index contributed by atoms with van der Waals surface area (Å²) in [6.45, 7) is 4.03. The maximum absolute atomic E-state index is 13.0. The normalized spacial score (nSPS) is 21.8. The fourth-order valence-corrected chi connectivity index (χ4v) is 4.52. The second-order valence-electron chi connectivity index (χ2n) is 8.97. The third-order valence-corrected chi connectivity index (χ3v) is 6.27. The molecule has 1 unspecified atom stereocenters. The Hall–Kier alpha value is -2.93. The topological polar surface area (TPSA) is 88.8 Å². The maximum Gasteiger partial charge on any atom is 0.329 e. The maximum atomic E-state index is 13.0. The second-order valence-corrected chi connectivity index (χ2v) is 8.97. The summed E-state index contributed by atoms with van der Waals surface area (Å²) >= 11 is 0. The Balaban J connectivity index is 1.54. The Morgan fingerprint density at radius 1 is 1.24 bits per heavy atom. The SMILES string of the molecule is CN(C)CC[C@H]1CN(CC#Cc2cccc3c2n(C)c(=O)n3C2CCC(=O)NC2=O)CCO1. The van der Waals surface area contributed by atoms with Crippen molar-refractivity contribution in [2.45, 2.75) is 31.4 Å². The van der Waals surface area contributed by atoms with Gasteiger partial charge in [-0.25, -0.2) is 4.79 Å². The molecule has 33 heavy (non-hydrogen) atoms. The smallest absolute Gasteiger partial charge is 0.329 e. The number of amides is 2. The van der Waals surface area contributed by atoms with E-state index in [0.717, 1.165) is 31.6 Å². The molecule has 0 radical (unpaired) electrons. The molecule has 2 saturated heterocycles. The number of benzene rings is 1. The number of aryl methyl sites for hydroxylation is 1. The van der Waals surface area contributed by atoms with E-state index in [1.807, 2.05) is 18.2 Å². The molecular weight excluding hydrogens is 422 g/mol. The highest BCUT2D eigenvalue weighted by molar-refractivity contribution is 6.00. The van der Waals surface area contributed by atoms with Crippen LogP contribution in [0.4, 0.5) is 0 Å². The standard InChI is InChI=1S/C24H31N5O4/c1-26(2)13-11-18-16-28(14-15-33-18)12-5-7-17-6-4-8-19-22(17)27(3)24(32)29(19)20-9-10-21(30)25-23(20)31/h4,6,8,18,20H,9-16H2,1-3H3,(H,25,30,31)/t18-,20?/m0/s1. The number of fused-ring (bicyclic) bond motifs is 1. The Kier molecular flexibility index (Phi) is 6.98. The van der Waals surface area contributed by atoms with Crippen LogP contribution in [0.25, 0.3) is 11.0 Å². The lowest BCUT2D eigenvalue weighted by Gasteiger charge is -2.32. The van der Waals surface area contributed by atoms with Gasteiger partial charge in [-0.1, -0.05) is 17.9 Å². The Labute approximate surface area is 193 Å². The van der Waals surface area contributed by atoms with Crippen LogP contribution < -0.4 is 11.0 Å². The molecule has 176 valence electrons. The number of para-hydroxylation sites is 1. The number of aromatic nitrogens is 2. The molecule has 1 aromatic heterocycles. The highest BCUT2D eigenvalue weighted by Crippen LogP contribution is 2.24. The number of carbonyl (C=O) groups is 2. The number of morpholine rings is 1. The van der Waals surface area contributed by atoms with Crippen molar-refractivity contribution in [1.82, 2.24) is 24.3 Å². The van der Waals surface area contributed by atoms with Gasteiger partial charge in [0.2, 0.25) is 11.8 Å². The number of nitrogens with zero attached hydrogens (tertiary/aromatic N) is 4. The van der Waals surface area contributed by atoms with Gasteiger partial charge < -0.3 is 9.64 Å². The van der Waals surface area contributed by atoms with Gasteiger partial charge in [0.05, 0.1) is 35.9 Å². The molecule has 0 aliphatic carbocycles. The van der Waals surface area contributed by atoms with Crippen molar-refractivity contribution < 1.29 is 14.3 Å². The number of hydrogen-bond donors (Lipinski definition) is 1. The van der Waals surface area contributed by atoms with Gasteiger partial charge in [0.15, 0.2) is 0 Å². The van der Waals surface area contributed by atoms with E-state index in [-0.39, 0.29) is 24.1 Å². The second kappa shape index (κ2) is 9.91. The van der Waals surface area contributed by atoms with E-state index >= 15 is 0 Å². The number of imide groups is 1. The minimum Gasteiger partial charge on any atom is -0.376 e. The van der Waals surface area contributed by atoms with E-state index in [1.165, 1.54) is 9.13 Å².